The number of nitrogens with one attached hydrogen (secondary N) is 1. The number of hydrogen-bond donors (Lipinski definition) is 1. The van der Waals surface area contributed by atoms with E-state index < -0.39 is 5.76 Å². The Morgan fingerprint density at radius 2 is 1.93 bits per heavy atom. The van der Waals surface area contributed by atoms with Crippen LogP contribution in [0, 0.1) is 11.8 Å². The lowest BCUT2D eigenvalue weighted by molar-refractivity contribution is -0.00958. The number of aromatic nitrogens is 7. The van der Waals surface area contributed by atoms with E-state index in [1.807, 2.05) is 6.07 Å². The maximum absolute atomic E-state index is 11.8. The van der Waals surface area contributed by atoms with Gasteiger partial charge in [-0.05, 0) is 43.6 Å². The summed E-state index contributed by atoms with van der Waals surface area (Å²) in [6.07, 6.45) is 12.9. The molecule has 1 N–H and O–H groups in total. The van der Waals surface area contributed by atoms with Gasteiger partial charge in [-0.15, -0.1) is 0 Å². The Bertz CT molecular complexity index is 1570. The fourth-order valence-electron chi connectivity index (χ4n) is 6.71. The molecule has 12 heteroatoms. The van der Waals surface area contributed by atoms with Crippen molar-refractivity contribution >= 4 is 28.7 Å². The lowest BCUT2D eigenvalue weighted by Gasteiger charge is -2.44. The Morgan fingerprint density at radius 3 is 2.73 bits per heavy atom. The highest BCUT2D eigenvalue weighted by Crippen LogP contribution is 2.38. The van der Waals surface area contributed by atoms with Crippen LogP contribution in [0.1, 0.15) is 58.3 Å². The zero-order valence-corrected chi connectivity index (χ0v) is 23.3. The highest BCUT2D eigenvalue weighted by molar-refractivity contribution is 6.30. The molecule has 7 rings (SSSR count). The average molecular weight is 565 g/mol. The van der Waals surface area contributed by atoms with Crippen LogP contribution >= 0.6 is 11.6 Å². The van der Waals surface area contributed by atoms with Gasteiger partial charge in [0.05, 0.1) is 23.8 Å². The molecule has 0 unspecified atom stereocenters. The van der Waals surface area contributed by atoms with E-state index in [0.717, 1.165) is 48.9 Å². The van der Waals surface area contributed by atoms with Gasteiger partial charge in [-0.25, -0.2) is 14.8 Å². The van der Waals surface area contributed by atoms with E-state index in [4.69, 9.17) is 35.8 Å². The first-order chi connectivity index (χ1) is 19.5. The summed E-state index contributed by atoms with van der Waals surface area (Å²) < 4.78 is 13.3. The highest BCUT2D eigenvalue weighted by Gasteiger charge is 2.37. The molecule has 3 fully saturated rings. The van der Waals surface area contributed by atoms with Crippen molar-refractivity contribution in [2.24, 2.45) is 11.8 Å². The van der Waals surface area contributed by atoms with Gasteiger partial charge in [0, 0.05) is 31.0 Å². The molecule has 11 nitrogen and oxygen atoms in total. The number of nitrogens with zero attached hydrogens (tertiary/aromatic N) is 7. The molecular formula is C28H33ClN8O3. The number of aromatic amines is 1. The number of morpholine rings is 1. The Kier molecular flexibility index (Phi) is 6.79. The van der Waals surface area contributed by atoms with Crippen LogP contribution in [0.2, 0.25) is 5.02 Å². The second kappa shape index (κ2) is 10.6. The third kappa shape index (κ3) is 4.79. The number of ether oxygens (including phenoxy) is 1. The zero-order valence-electron chi connectivity index (χ0n) is 22.6. The number of hydrogen-bond acceptors (Lipinski definition) is 9. The van der Waals surface area contributed by atoms with E-state index in [2.05, 4.69) is 31.5 Å². The minimum Gasteiger partial charge on any atom is -0.374 e. The minimum atomic E-state index is -0.668. The van der Waals surface area contributed by atoms with E-state index in [0.29, 0.717) is 28.9 Å². The Balaban J connectivity index is 1.44. The summed E-state index contributed by atoms with van der Waals surface area (Å²) >= 11 is 6.39. The van der Waals surface area contributed by atoms with Crippen molar-refractivity contribution in [2.45, 2.75) is 77.0 Å². The first kappa shape index (κ1) is 25.6. The van der Waals surface area contributed by atoms with Gasteiger partial charge in [-0.2, -0.15) is 4.98 Å². The fourth-order valence-corrected chi connectivity index (χ4v) is 6.88. The minimum absolute atomic E-state index is 0.152. The summed E-state index contributed by atoms with van der Waals surface area (Å²) in [6.45, 7) is 4.63. The third-order valence-corrected chi connectivity index (χ3v) is 8.99. The average Bonchev–Trinajstić information content (AvgIpc) is 3.57. The predicted molar refractivity (Wildman–Crippen MR) is 150 cm³/mol. The van der Waals surface area contributed by atoms with Crippen LogP contribution in [0.4, 0.5) is 5.95 Å². The predicted octanol–water partition coefficient (Wildman–Crippen LogP) is 4.86. The second-order valence-corrected chi connectivity index (χ2v) is 11.9. The Hall–Kier alpha value is -3.31. The number of fused-ring (bicyclic) bond motifs is 2. The maximum atomic E-state index is 11.8. The molecule has 0 radical (unpaired) electrons. The molecule has 2 aliphatic carbocycles. The van der Waals surface area contributed by atoms with E-state index in [1.54, 1.807) is 12.4 Å². The van der Waals surface area contributed by atoms with Crippen molar-refractivity contribution in [3.05, 3.63) is 34.0 Å². The van der Waals surface area contributed by atoms with Crippen molar-refractivity contribution in [1.29, 1.82) is 0 Å². The molecule has 40 heavy (non-hydrogen) atoms. The maximum Gasteiger partial charge on any atom is 0.439 e. The molecule has 0 aromatic carbocycles. The van der Waals surface area contributed by atoms with E-state index in [9.17, 15) is 4.79 Å². The van der Waals surface area contributed by atoms with E-state index in [-0.39, 0.29) is 23.8 Å². The molecule has 2 saturated carbocycles. The standard InChI is InChI=1S/C28H33ClN8O3/c1-16-6-8-17(9-7-16)15-37-23-22(18-12-19(29)14-30-13-18)31-25(26-34-28(38)40-35-26)32-24(23)33-27(37)36-10-11-39-21-5-3-2-4-20(21)36/h12-14,16-17,20-21H,2-11,15H2,1H3,(H,34,35,38)/t16-,17-,20-,21+/m1/s1. The van der Waals surface area contributed by atoms with Crippen molar-refractivity contribution in [3.8, 4) is 22.9 Å². The van der Waals surface area contributed by atoms with Gasteiger partial charge in [-0.3, -0.25) is 14.5 Å². The molecule has 1 aliphatic heterocycles. The van der Waals surface area contributed by atoms with E-state index in [1.165, 1.54) is 38.5 Å². The second-order valence-electron chi connectivity index (χ2n) is 11.5. The first-order valence-corrected chi connectivity index (χ1v) is 14.7. The summed E-state index contributed by atoms with van der Waals surface area (Å²) in [5, 5.41) is 4.35. The van der Waals surface area contributed by atoms with Crippen LogP contribution in [0.5, 0.6) is 0 Å². The number of halogens is 1. The topological polar surface area (TPSA) is 128 Å². The monoisotopic (exact) mass is 564 g/mol. The van der Waals surface area contributed by atoms with Gasteiger partial charge in [0.1, 0.15) is 11.2 Å². The van der Waals surface area contributed by atoms with Gasteiger partial charge in [0.25, 0.3) is 0 Å². The van der Waals surface area contributed by atoms with Gasteiger partial charge >= 0.3 is 5.76 Å². The van der Waals surface area contributed by atoms with Crippen LogP contribution in [-0.4, -0.2) is 59.9 Å². The number of rotatable bonds is 5. The van der Waals surface area contributed by atoms with Crippen molar-refractivity contribution < 1.29 is 9.26 Å². The lowest BCUT2D eigenvalue weighted by atomic mass is 9.83. The normalized spacial score (nSPS) is 25.3. The molecule has 4 aromatic heterocycles. The van der Waals surface area contributed by atoms with Crippen LogP contribution < -0.4 is 10.7 Å². The number of pyridine rings is 1. The van der Waals surface area contributed by atoms with Crippen LogP contribution in [0.25, 0.3) is 34.1 Å². The highest BCUT2D eigenvalue weighted by atomic mass is 35.5. The number of imidazole rings is 1. The molecule has 0 bridgehead atoms. The molecule has 2 atom stereocenters. The quantitative estimate of drug-likeness (QED) is 0.361. The third-order valence-electron chi connectivity index (χ3n) is 8.78. The summed E-state index contributed by atoms with van der Waals surface area (Å²) in [4.78, 5) is 36.0. The zero-order chi connectivity index (χ0) is 27.2. The largest absolute Gasteiger partial charge is 0.439 e. The Labute approximate surface area is 236 Å². The van der Waals surface area contributed by atoms with Crippen LogP contribution in [0.3, 0.4) is 0 Å². The van der Waals surface area contributed by atoms with Crippen molar-refractivity contribution in [2.75, 3.05) is 18.1 Å². The Morgan fingerprint density at radius 1 is 1.07 bits per heavy atom. The molecule has 1 saturated heterocycles. The molecule has 3 aliphatic rings. The SMILES string of the molecule is C[C@H]1CC[C@H](Cn2c(N3CCO[C@H]4CCCC[C@H]43)nc3nc(-c4noc(=O)[nH]4)nc(-c4cncc(Cl)c4)c32)CC1. The molecule has 210 valence electrons. The number of anilines is 1. The summed E-state index contributed by atoms with van der Waals surface area (Å²) in [5.41, 5.74) is 2.78. The smallest absolute Gasteiger partial charge is 0.374 e. The van der Waals surface area contributed by atoms with Gasteiger partial charge in [0.15, 0.2) is 5.65 Å². The van der Waals surface area contributed by atoms with Gasteiger partial charge in [-0.1, -0.05) is 49.4 Å². The summed E-state index contributed by atoms with van der Waals surface area (Å²) in [5.74, 6) is 1.92. The summed E-state index contributed by atoms with van der Waals surface area (Å²) in [7, 11) is 0. The van der Waals surface area contributed by atoms with Gasteiger partial charge in [0.2, 0.25) is 17.6 Å². The van der Waals surface area contributed by atoms with Crippen LogP contribution in [0.15, 0.2) is 27.8 Å². The van der Waals surface area contributed by atoms with Gasteiger partial charge < -0.3 is 14.2 Å². The molecule has 4 aromatic rings. The lowest BCUT2D eigenvalue weighted by Crippen LogP contribution is -2.53. The molecule has 0 spiro atoms. The van der Waals surface area contributed by atoms with Crippen molar-refractivity contribution in [3.63, 3.8) is 0 Å². The molecule has 0 amide bonds. The fraction of sp³-hybridized carbons (Fsp3) is 0.571. The molecular weight excluding hydrogens is 532 g/mol. The van der Waals surface area contributed by atoms with Crippen molar-refractivity contribution in [1.82, 2.24) is 34.6 Å². The van der Waals surface area contributed by atoms with E-state index >= 15 is 0 Å². The summed E-state index contributed by atoms with van der Waals surface area (Å²) in [6, 6.07) is 2.12. The first-order valence-electron chi connectivity index (χ1n) is 14.4. The molecule has 5 heterocycles. The van der Waals surface area contributed by atoms with Crippen LogP contribution in [-0.2, 0) is 11.3 Å². The number of H-pyrrole nitrogens is 1.